The van der Waals surface area contributed by atoms with Gasteiger partial charge in [-0.05, 0) is 44.2 Å². The van der Waals surface area contributed by atoms with E-state index < -0.39 is 5.91 Å². The Labute approximate surface area is 159 Å². The quantitative estimate of drug-likeness (QED) is 0.644. The fraction of sp³-hybridized carbons (Fsp3) is 0.176. The van der Waals surface area contributed by atoms with Gasteiger partial charge in [-0.15, -0.1) is 0 Å². The van der Waals surface area contributed by atoms with Crippen molar-refractivity contribution in [3.63, 3.8) is 0 Å². The summed E-state index contributed by atoms with van der Waals surface area (Å²) in [5.74, 6) is 0.381. The molecule has 0 atom stereocenters. The molecule has 3 rings (SSSR count). The summed E-state index contributed by atoms with van der Waals surface area (Å²) in [7, 11) is 0. The Kier molecular flexibility index (Phi) is 5.08. The summed E-state index contributed by atoms with van der Waals surface area (Å²) in [6.07, 6.45) is 0. The smallest absolute Gasteiger partial charge is 0.291 e. The normalized spacial score (nSPS) is 10.9. The van der Waals surface area contributed by atoms with Crippen LogP contribution in [0.2, 0.25) is 15.1 Å². The molecule has 0 unspecified atom stereocenters. The third-order valence-electron chi connectivity index (χ3n) is 3.60. The highest BCUT2D eigenvalue weighted by Gasteiger charge is 2.15. The van der Waals surface area contributed by atoms with Crippen molar-refractivity contribution >= 4 is 46.4 Å². The number of nitrogens with one attached hydrogen (secondary N) is 1. The zero-order chi connectivity index (χ0) is 18.1. The van der Waals surface area contributed by atoms with Crippen LogP contribution in [0.1, 0.15) is 27.7 Å². The first-order valence-electron chi connectivity index (χ1n) is 7.39. The molecule has 1 N–H and O–H groups in total. The molecule has 3 aromatic rings. The summed E-state index contributed by atoms with van der Waals surface area (Å²) in [6.45, 7) is 4.10. The van der Waals surface area contributed by atoms with E-state index in [1.54, 1.807) is 35.0 Å². The van der Waals surface area contributed by atoms with Gasteiger partial charge in [0.05, 0.1) is 23.0 Å². The van der Waals surface area contributed by atoms with Crippen LogP contribution in [-0.4, -0.2) is 15.7 Å². The fourth-order valence-corrected chi connectivity index (χ4v) is 3.04. The third-order valence-corrected chi connectivity index (χ3v) is 4.59. The Hall–Kier alpha value is -1.95. The minimum atomic E-state index is -0.393. The lowest BCUT2D eigenvalue weighted by Gasteiger charge is -2.05. The minimum absolute atomic E-state index is 0.179. The van der Waals surface area contributed by atoms with Gasteiger partial charge in [-0.1, -0.05) is 34.8 Å². The molecule has 0 saturated heterocycles. The average molecular weight is 399 g/mol. The molecule has 0 fully saturated rings. The second-order valence-corrected chi connectivity index (χ2v) is 6.77. The summed E-state index contributed by atoms with van der Waals surface area (Å²) >= 11 is 18.0. The number of hydrogen-bond acceptors (Lipinski definition) is 3. The monoisotopic (exact) mass is 397 g/mol. The van der Waals surface area contributed by atoms with Crippen molar-refractivity contribution in [2.45, 2.75) is 20.4 Å². The van der Waals surface area contributed by atoms with E-state index in [1.807, 2.05) is 13.8 Å². The maximum atomic E-state index is 12.3. The lowest BCUT2D eigenvalue weighted by atomic mass is 10.3. The number of carbonyl (C=O) groups excluding carboxylic acids is 1. The van der Waals surface area contributed by atoms with Gasteiger partial charge in [-0.25, -0.2) is 0 Å². The van der Waals surface area contributed by atoms with Crippen molar-refractivity contribution in [1.29, 1.82) is 0 Å². The van der Waals surface area contributed by atoms with Gasteiger partial charge >= 0.3 is 0 Å². The van der Waals surface area contributed by atoms with Crippen molar-refractivity contribution in [3.05, 3.63) is 68.3 Å². The molecule has 0 bridgehead atoms. The average Bonchev–Trinajstić information content (AvgIpc) is 3.08. The topological polar surface area (TPSA) is 60.1 Å². The first-order chi connectivity index (χ1) is 11.8. The van der Waals surface area contributed by atoms with Crippen LogP contribution in [0.5, 0.6) is 0 Å². The Bertz CT molecular complexity index is 927. The number of halogens is 3. The van der Waals surface area contributed by atoms with E-state index in [0.717, 1.165) is 11.4 Å². The number of rotatable bonds is 4. The minimum Gasteiger partial charge on any atom is -0.454 e. The molecule has 0 aliphatic carbocycles. The van der Waals surface area contributed by atoms with E-state index in [-0.39, 0.29) is 5.76 Å². The molecule has 2 aromatic heterocycles. The Balaban J connectivity index is 1.74. The largest absolute Gasteiger partial charge is 0.454 e. The van der Waals surface area contributed by atoms with Crippen LogP contribution in [0.4, 0.5) is 5.69 Å². The first-order valence-corrected chi connectivity index (χ1v) is 8.52. The molecular weight excluding hydrogens is 385 g/mol. The van der Waals surface area contributed by atoms with Crippen LogP contribution < -0.4 is 5.32 Å². The van der Waals surface area contributed by atoms with E-state index in [1.165, 1.54) is 0 Å². The highest BCUT2D eigenvalue weighted by atomic mass is 35.5. The molecule has 8 heteroatoms. The molecule has 1 aromatic carbocycles. The number of amides is 1. The number of aryl methyl sites for hydroxylation is 1. The summed E-state index contributed by atoms with van der Waals surface area (Å²) in [6, 6.07) is 8.12. The Morgan fingerprint density at radius 2 is 1.84 bits per heavy atom. The van der Waals surface area contributed by atoms with Crippen molar-refractivity contribution in [3.8, 4) is 0 Å². The molecule has 1 amide bonds. The molecule has 0 spiro atoms. The SMILES string of the molecule is Cc1nn(Cc2ccc(C(=O)Nc3cc(Cl)cc(Cl)c3)o2)c(C)c1Cl. The summed E-state index contributed by atoms with van der Waals surface area (Å²) < 4.78 is 7.34. The van der Waals surface area contributed by atoms with E-state index in [2.05, 4.69) is 10.4 Å². The summed E-state index contributed by atoms with van der Waals surface area (Å²) in [5, 5.41) is 8.53. The van der Waals surface area contributed by atoms with Gasteiger partial charge < -0.3 is 9.73 Å². The predicted molar refractivity (Wildman–Crippen MR) is 98.9 cm³/mol. The van der Waals surface area contributed by atoms with E-state index in [4.69, 9.17) is 39.2 Å². The van der Waals surface area contributed by atoms with Gasteiger partial charge in [0.15, 0.2) is 5.76 Å². The number of hydrogen-bond donors (Lipinski definition) is 1. The third kappa shape index (κ3) is 4.00. The second-order valence-electron chi connectivity index (χ2n) is 5.52. The van der Waals surface area contributed by atoms with Crippen LogP contribution >= 0.6 is 34.8 Å². The van der Waals surface area contributed by atoms with E-state index in [0.29, 0.717) is 33.1 Å². The van der Waals surface area contributed by atoms with Gasteiger partial charge in [0.1, 0.15) is 5.76 Å². The van der Waals surface area contributed by atoms with Crippen molar-refractivity contribution in [1.82, 2.24) is 9.78 Å². The number of carbonyl (C=O) groups is 1. The van der Waals surface area contributed by atoms with Crippen LogP contribution in [0, 0.1) is 13.8 Å². The summed E-state index contributed by atoms with van der Waals surface area (Å²) in [4.78, 5) is 12.3. The number of furan rings is 1. The van der Waals surface area contributed by atoms with Gasteiger partial charge in [0.25, 0.3) is 5.91 Å². The maximum absolute atomic E-state index is 12.3. The standard InChI is InChI=1S/C17H14Cl3N3O2/c1-9-16(20)10(2)23(22-9)8-14-3-4-15(25-14)17(24)21-13-6-11(18)5-12(19)7-13/h3-7H,8H2,1-2H3,(H,21,24). The van der Waals surface area contributed by atoms with Crippen LogP contribution in [0.25, 0.3) is 0 Å². The fourth-order valence-electron chi connectivity index (χ4n) is 2.38. The number of anilines is 1. The maximum Gasteiger partial charge on any atom is 0.291 e. The number of benzene rings is 1. The number of nitrogens with zero attached hydrogens (tertiary/aromatic N) is 2. The zero-order valence-electron chi connectivity index (χ0n) is 13.4. The summed E-state index contributed by atoms with van der Waals surface area (Å²) in [5.41, 5.74) is 2.09. The van der Waals surface area contributed by atoms with Crippen molar-refractivity contribution in [2.75, 3.05) is 5.32 Å². The van der Waals surface area contributed by atoms with Gasteiger partial charge in [0, 0.05) is 15.7 Å². The molecular formula is C17H14Cl3N3O2. The first kappa shape index (κ1) is 17.9. The van der Waals surface area contributed by atoms with Gasteiger partial charge in [-0.2, -0.15) is 5.10 Å². The van der Waals surface area contributed by atoms with Gasteiger partial charge in [0.2, 0.25) is 0 Å². The van der Waals surface area contributed by atoms with E-state index in [9.17, 15) is 4.79 Å². The zero-order valence-corrected chi connectivity index (χ0v) is 15.7. The highest BCUT2D eigenvalue weighted by Crippen LogP contribution is 2.24. The molecule has 0 saturated carbocycles. The molecule has 25 heavy (non-hydrogen) atoms. The molecule has 130 valence electrons. The molecule has 5 nitrogen and oxygen atoms in total. The van der Waals surface area contributed by atoms with Crippen LogP contribution in [0.3, 0.4) is 0 Å². The van der Waals surface area contributed by atoms with Gasteiger partial charge in [-0.3, -0.25) is 9.48 Å². The second kappa shape index (κ2) is 7.12. The molecule has 0 aliphatic heterocycles. The van der Waals surface area contributed by atoms with Crippen LogP contribution in [0.15, 0.2) is 34.7 Å². The van der Waals surface area contributed by atoms with Crippen molar-refractivity contribution in [2.24, 2.45) is 0 Å². The van der Waals surface area contributed by atoms with E-state index >= 15 is 0 Å². The molecule has 2 heterocycles. The van der Waals surface area contributed by atoms with Crippen LogP contribution in [-0.2, 0) is 6.54 Å². The Morgan fingerprint density at radius 3 is 2.44 bits per heavy atom. The lowest BCUT2D eigenvalue weighted by Crippen LogP contribution is -2.11. The molecule has 0 aliphatic rings. The van der Waals surface area contributed by atoms with Crippen molar-refractivity contribution < 1.29 is 9.21 Å². The predicted octanol–water partition coefficient (Wildman–Crippen LogP) is 5.35. The molecule has 0 radical (unpaired) electrons. The highest BCUT2D eigenvalue weighted by molar-refractivity contribution is 6.35. The number of aromatic nitrogens is 2. The lowest BCUT2D eigenvalue weighted by molar-refractivity contribution is 0.0994. The Morgan fingerprint density at radius 1 is 1.16 bits per heavy atom.